The zero-order valence-electron chi connectivity index (χ0n) is 34.7. The lowest BCUT2D eigenvalue weighted by molar-refractivity contribution is 1.37. The average molecular weight is 815 g/mol. The second-order valence-electron chi connectivity index (χ2n) is 16.5. The fraction of sp³-hybridized carbons (Fsp3) is 0. The lowest BCUT2D eigenvalue weighted by atomic mass is 9.92. The van der Waals surface area contributed by atoms with Gasteiger partial charge in [-0.15, -0.1) is 0 Å². The molecule has 13 rings (SSSR count). The van der Waals surface area contributed by atoms with E-state index in [9.17, 15) is 0 Å². The molecule has 0 spiro atoms. The Morgan fingerprint density at radius 3 is 0.781 bits per heavy atom. The number of aromatic amines is 2. The van der Waals surface area contributed by atoms with Crippen LogP contribution in [-0.2, 0) is 0 Å². The normalized spacial score (nSPS) is 11.8. The molecular weight excluding hydrogens is 777 g/mol. The van der Waals surface area contributed by atoms with Crippen molar-refractivity contribution in [3.05, 3.63) is 218 Å². The first kappa shape index (κ1) is 36.1. The summed E-state index contributed by atoms with van der Waals surface area (Å²) < 4.78 is 0. The summed E-state index contributed by atoms with van der Waals surface area (Å²) in [5.41, 5.74) is 20.5. The molecule has 2 N–H and O–H groups in total. The Labute approximate surface area is 369 Å². The van der Waals surface area contributed by atoms with E-state index in [4.69, 9.17) is 9.97 Å². The topological polar surface area (TPSA) is 57.4 Å². The molecule has 64 heavy (non-hydrogen) atoms. The maximum absolute atomic E-state index is 5.87. The highest BCUT2D eigenvalue weighted by Gasteiger charge is 2.30. The fourth-order valence-corrected chi connectivity index (χ4v) is 10.2. The van der Waals surface area contributed by atoms with Crippen molar-refractivity contribution in [2.75, 3.05) is 0 Å². The van der Waals surface area contributed by atoms with E-state index in [1.165, 1.54) is 0 Å². The predicted molar refractivity (Wildman–Crippen MR) is 267 cm³/mol. The minimum Gasteiger partial charge on any atom is -0.353 e. The number of aromatic nitrogens is 4. The molecule has 1 aliphatic carbocycles. The van der Waals surface area contributed by atoms with Crippen molar-refractivity contribution in [3.8, 4) is 89.5 Å². The summed E-state index contributed by atoms with van der Waals surface area (Å²) in [6, 6.07) is 78.0. The van der Waals surface area contributed by atoms with Gasteiger partial charge in [0.1, 0.15) is 0 Å². The number of nitrogens with one attached hydrogen (secondary N) is 2. The van der Waals surface area contributed by atoms with Gasteiger partial charge < -0.3 is 9.97 Å². The standard InChI is InChI=1S/C60H38N4/c1-5-21-37(22-6-1)49-53-41-29-13-15-31-43(41)55(61-53)50(38-23-7-2-8-24-38)57-45-33-17-19-35-47(45)59(63-57)52(40-27-11-4-12-28-40)60-48-36-20-18-34-46(48)58(64-60)51(39-25-9-3-10-26-39)56-44-32-16-14-30-42(44)54(49)62-56/h1-36,61-62H. The molecule has 8 bridgehead atoms. The van der Waals surface area contributed by atoms with Crippen molar-refractivity contribution in [2.45, 2.75) is 0 Å². The highest BCUT2D eigenvalue weighted by Crippen LogP contribution is 2.52. The van der Waals surface area contributed by atoms with Crippen molar-refractivity contribution in [3.63, 3.8) is 0 Å². The second kappa shape index (κ2) is 14.5. The van der Waals surface area contributed by atoms with Gasteiger partial charge in [-0.1, -0.05) is 218 Å². The zero-order chi connectivity index (χ0) is 42.1. The smallest absolute Gasteiger partial charge is 0.0816 e. The third-order valence-electron chi connectivity index (χ3n) is 13.0. The van der Waals surface area contributed by atoms with Crippen LogP contribution in [0.4, 0.5) is 0 Å². The SMILES string of the molecule is c1ccc(-c2c3nc(c(-c4ccccc4)c4[nH]c(c(-c5ccccc5)c5[nH]c(c(-c6ccccc6)c6nc2-c2ccccc2-6)c2ccccc52)c2ccccc42)-c2ccccc2-3)cc1. The Hall–Kier alpha value is -8.60. The monoisotopic (exact) mass is 814 g/mol. The highest BCUT2D eigenvalue weighted by molar-refractivity contribution is 6.23. The van der Waals surface area contributed by atoms with Crippen molar-refractivity contribution in [1.29, 1.82) is 0 Å². The second-order valence-corrected chi connectivity index (χ2v) is 16.5. The Morgan fingerprint density at radius 1 is 0.219 bits per heavy atom. The molecule has 0 unspecified atom stereocenters. The van der Waals surface area contributed by atoms with Crippen LogP contribution in [0.1, 0.15) is 0 Å². The van der Waals surface area contributed by atoms with E-state index in [0.717, 1.165) is 133 Å². The van der Waals surface area contributed by atoms with Crippen LogP contribution in [-0.4, -0.2) is 19.9 Å². The van der Waals surface area contributed by atoms with Gasteiger partial charge in [0.05, 0.1) is 44.8 Å². The van der Waals surface area contributed by atoms with Crippen molar-refractivity contribution in [1.82, 2.24) is 19.9 Å². The average Bonchev–Trinajstić information content (AvgIpc) is 4.14. The molecule has 8 aromatic carbocycles. The number of hydrogen-bond donors (Lipinski definition) is 2. The molecule has 0 amide bonds. The number of H-pyrrole nitrogens is 2. The molecule has 0 fully saturated rings. The molecule has 0 saturated heterocycles. The summed E-state index contributed by atoms with van der Waals surface area (Å²) in [6.07, 6.45) is 0. The van der Waals surface area contributed by atoms with Crippen molar-refractivity contribution >= 4 is 43.6 Å². The Balaban J connectivity index is 1.39. The molecule has 10 aromatic rings. The minimum absolute atomic E-state index is 0.897. The molecule has 4 heterocycles. The maximum Gasteiger partial charge on any atom is 0.0816 e. The Morgan fingerprint density at radius 2 is 0.453 bits per heavy atom. The van der Waals surface area contributed by atoms with E-state index in [1.807, 2.05) is 0 Å². The molecule has 4 heteroatoms. The van der Waals surface area contributed by atoms with Gasteiger partial charge in [-0.05, 0) is 22.3 Å². The minimum atomic E-state index is 0.897. The van der Waals surface area contributed by atoms with Gasteiger partial charge in [0, 0.05) is 66.1 Å². The van der Waals surface area contributed by atoms with Gasteiger partial charge in [-0.3, -0.25) is 0 Å². The van der Waals surface area contributed by atoms with Gasteiger partial charge in [0.15, 0.2) is 0 Å². The fourth-order valence-electron chi connectivity index (χ4n) is 10.2. The summed E-state index contributed by atoms with van der Waals surface area (Å²) in [6.45, 7) is 0. The molecule has 2 aromatic heterocycles. The predicted octanol–water partition coefficient (Wildman–Crippen LogP) is 16.0. The van der Waals surface area contributed by atoms with E-state index in [-0.39, 0.29) is 0 Å². The Bertz CT molecular complexity index is 3600. The van der Waals surface area contributed by atoms with Gasteiger partial charge >= 0.3 is 0 Å². The third kappa shape index (κ3) is 5.49. The summed E-state index contributed by atoms with van der Waals surface area (Å²) in [5.74, 6) is 0. The molecule has 3 aliphatic rings. The first-order valence-electron chi connectivity index (χ1n) is 21.8. The summed E-state index contributed by atoms with van der Waals surface area (Å²) in [7, 11) is 0. The van der Waals surface area contributed by atoms with Gasteiger partial charge in [-0.2, -0.15) is 0 Å². The number of rotatable bonds is 4. The highest BCUT2D eigenvalue weighted by atomic mass is 14.8. The first-order chi connectivity index (χ1) is 31.8. The van der Waals surface area contributed by atoms with E-state index in [2.05, 4.69) is 228 Å². The molecule has 4 nitrogen and oxygen atoms in total. The lowest BCUT2D eigenvalue weighted by Gasteiger charge is -2.09. The van der Waals surface area contributed by atoms with Crippen LogP contribution in [0.15, 0.2) is 218 Å². The number of nitrogens with zero attached hydrogens (tertiary/aromatic N) is 2. The van der Waals surface area contributed by atoms with Crippen molar-refractivity contribution in [2.24, 2.45) is 0 Å². The summed E-state index contributed by atoms with van der Waals surface area (Å²) in [4.78, 5) is 20.0. The maximum atomic E-state index is 5.87. The largest absolute Gasteiger partial charge is 0.353 e. The summed E-state index contributed by atoms with van der Waals surface area (Å²) >= 11 is 0. The molecule has 0 atom stereocenters. The van der Waals surface area contributed by atoms with Crippen LogP contribution in [0.2, 0.25) is 0 Å². The van der Waals surface area contributed by atoms with E-state index < -0.39 is 0 Å². The first-order valence-corrected chi connectivity index (χ1v) is 21.8. The van der Waals surface area contributed by atoms with E-state index >= 15 is 0 Å². The van der Waals surface area contributed by atoms with Crippen molar-refractivity contribution < 1.29 is 0 Å². The molecule has 0 radical (unpaired) electrons. The molecule has 2 aliphatic heterocycles. The van der Waals surface area contributed by atoms with Crippen LogP contribution in [0.3, 0.4) is 0 Å². The van der Waals surface area contributed by atoms with E-state index in [1.54, 1.807) is 0 Å². The van der Waals surface area contributed by atoms with Crippen LogP contribution in [0.25, 0.3) is 133 Å². The molecule has 298 valence electrons. The van der Waals surface area contributed by atoms with Gasteiger partial charge in [-0.25, -0.2) is 9.97 Å². The third-order valence-corrected chi connectivity index (χ3v) is 13.0. The van der Waals surface area contributed by atoms with Gasteiger partial charge in [0.2, 0.25) is 0 Å². The molecule has 0 saturated carbocycles. The zero-order valence-corrected chi connectivity index (χ0v) is 34.7. The van der Waals surface area contributed by atoms with Crippen LogP contribution in [0, 0.1) is 0 Å². The summed E-state index contributed by atoms with van der Waals surface area (Å²) in [5, 5.41) is 4.50. The van der Waals surface area contributed by atoms with E-state index in [0.29, 0.717) is 0 Å². The lowest BCUT2D eigenvalue weighted by Crippen LogP contribution is -1.88. The van der Waals surface area contributed by atoms with Gasteiger partial charge in [0.25, 0.3) is 0 Å². The Kier molecular flexibility index (Phi) is 8.18. The van der Waals surface area contributed by atoms with Crippen LogP contribution in [0.5, 0.6) is 0 Å². The quantitative estimate of drug-likeness (QED) is 0.186. The molecular formula is C60H38N4. The van der Waals surface area contributed by atoms with Crippen LogP contribution >= 0.6 is 0 Å². The number of benzene rings is 8. The number of hydrogen-bond acceptors (Lipinski definition) is 2. The van der Waals surface area contributed by atoms with Crippen LogP contribution < -0.4 is 0 Å².